The van der Waals surface area contributed by atoms with Crippen molar-refractivity contribution in [2.75, 3.05) is 6.54 Å². The highest BCUT2D eigenvalue weighted by atomic mass is 32.2. The van der Waals surface area contributed by atoms with Crippen LogP contribution >= 0.6 is 0 Å². The molecule has 0 spiro atoms. The molecule has 0 aliphatic carbocycles. The number of nitro groups is 1. The van der Waals surface area contributed by atoms with Crippen LogP contribution in [-0.4, -0.2) is 25.0 Å². The lowest BCUT2D eigenvalue weighted by molar-refractivity contribution is -0.386. The molecule has 0 amide bonds. The fourth-order valence-electron chi connectivity index (χ4n) is 1.03. The summed E-state index contributed by atoms with van der Waals surface area (Å²) in [4.78, 5) is 9.20. The van der Waals surface area contributed by atoms with Gasteiger partial charge in [0.05, 0.1) is 22.4 Å². The number of aromatic hydroxyl groups is 1. The van der Waals surface area contributed by atoms with Gasteiger partial charge in [0.25, 0.3) is 0 Å². The fraction of sp³-hybridized carbons (Fsp3) is 0.125. The van der Waals surface area contributed by atoms with Crippen molar-refractivity contribution in [1.29, 1.82) is 5.26 Å². The second-order valence-electron chi connectivity index (χ2n) is 2.89. The average molecular weight is 257 g/mol. The number of sulfonamides is 1. The molecule has 0 radical (unpaired) electrons. The lowest BCUT2D eigenvalue weighted by atomic mass is 10.3. The molecule has 17 heavy (non-hydrogen) atoms. The van der Waals surface area contributed by atoms with Gasteiger partial charge in [-0.1, -0.05) is 0 Å². The lowest BCUT2D eigenvalue weighted by Crippen LogP contribution is -2.23. The van der Waals surface area contributed by atoms with E-state index in [4.69, 9.17) is 10.4 Å². The highest BCUT2D eigenvalue weighted by Gasteiger charge is 2.20. The van der Waals surface area contributed by atoms with E-state index in [0.717, 1.165) is 18.2 Å². The monoisotopic (exact) mass is 257 g/mol. The van der Waals surface area contributed by atoms with Crippen molar-refractivity contribution in [1.82, 2.24) is 4.72 Å². The number of phenolic OH excluding ortho intramolecular Hbond substituents is 1. The molecule has 0 saturated carbocycles. The van der Waals surface area contributed by atoms with E-state index in [1.165, 1.54) is 0 Å². The maximum absolute atomic E-state index is 11.5. The van der Waals surface area contributed by atoms with Crippen molar-refractivity contribution >= 4 is 15.7 Å². The summed E-state index contributed by atoms with van der Waals surface area (Å²) in [6.45, 7) is -0.447. The third-order valence-corrected chi connectivity index (χ3v) is 3.19. The van der Waals surface area contributed by atoms with E-state index in [-0.39, 0.29) is 0 Å². The first kappa shape index (κ1) is 12.9. The van der Waals surface area contributed by atoms with Gasteiger partial charge in [-0.2, -0.15) is 9.98 Å². The zero-order valence-electron chi connectivity index (χ0n) is 8.32. The van der Waals surface area contributed by atoms with Gasteiger partial charge in [-0.05, 0) is 12.1 Å². The number of nitrogens with one attached hydrogen (secondary N) is 1. The molecule has 0 atom stereocenters. The Balaban J connectivity index is 3.21. The summed E-state index contributed by atoms with van der Waals surface area (Å²) < 4.78 is 24.9. The van der Waals surface area contributed by atoms with E-state index in [1.54, 1.807) is 6.07 Å². The third-order valence-electron chi connectivity index (χ3n) is 1.80. The number of hydrogen-bond acceptors (Lipinski definition) is 6. The molecule has 1 rings (SSSR count). The van der Waals surface area contributed by atoms with Crippen molar-refractivity contribution < 1.29 is 18.4 Å². The molecular formula is C8H7N3O5S. The van der Waals surface area contributed by atoms with E-state index in [0.29, 0.717) is 0 Å². The van der Waals surface area contributed by atoms with Gasteiger partial charge in [-0.3, -0.25) is 10.1 Å². The summed E-state index contributed by atoms with van der Waals surface area (Å²) in [5.41, 5.74) is -0.718. The second-order valence-corrected chi connectivity index (χ2v) is 4.66. The Morgan fingerprint density at radius 3 is 2.71 bits per heavy atom. The van der Waals surface area contributed by atoms with Gasteiger partial charge in [0, 0.05) is 6.07 Å². The van der Waals surface area contributed by atoms with Crippen molar-refractivity contribution in [3.8, 4) is 11.8 Å². The largest absolute Gasteiger partial charge is 0.502 e. The number of phenols is 1. The number of hydrogen-bond donors (Lipinski definition) is 2. The molecule has 0 saturated heterocycles. The van der Waals surface area contributed by atoms with Crippen molar-refractivity contribution in [2.45, 2.75) is 4.90 Å². The highest BCUT2D eigenvalue weighted by molar-refractivity contribution is 7.89. The fourth-order valence-corrected chi connectivity index (χ4v) is 1.96. The average Bonchev–Trinajstić information content (AvgIpc) is 2.26. The summed E-state index contributed by atoms with van der Waals surface area (Å²) in [7, 11) is -3.98. The van der Waals surface area contributed by atoms with Gasteiger partial charge in [0.15, 0.2) is 5.75 Å². The topological polar surface area (TPSA) is 133 Å². The van der Waals surface area contributed by atoms with Gasteiger partial charge in [-0.15, -0.1) is 0 Å². The molecule has 9 heteroatoms. The van der Waals surface area contributed by atoms with Crippen LogP contribution in [-0.2, 0) is 10.0 Å². The summed E-state index contributed by atoms with van der Waals surface area (Å²) in [5.74, 6) is -0.630. The molecule has 0 bridgehead atoms. The highest BCUT2D eigenvalue weighted by Crippen LogP contribution is 2.27. The Morgan fingerprint density at radius 2 is 2.18 bits per heavy atom. The van der Waals surface area contributed by atoms with E-state index in [2.05, 4.69) is 0 Å². The predicted octanol–water partition coefficient (Wildman–Crippen LogP) is 0.102. The Kier molecular flexibility index (Phi) is 3.62. The number of nitriles is 1. The molecule has 0 aliphatic rings. The van der Waals surface area contributed by atoms with Crippen LogP contribution in [0, 0.1) is 21.4 Å². The van der Waals surface area contributed by atoms with Gasteiger partial charge >= 0.3 is 5.69 Å². The Morgan fingerprint density at radius 1 is 1.53 bits per heavy atom. The molecule has 2 N–H and O–H groups in total. The Hall–Kier alpha value is -2.18. The first-order valence-corrected chi connectivity index (χ1v) is 5.71. The SMILES string of the molecule is N#CCNS(=O)(=O)c1ccc(O)c([N+](=O)[O-])c1. The van der Waals surface area contributed by atoms with Crippen LogP contribution < -0.4 is 4.72 Å². The summed E-state index contributed by atoms with van der Waals surface area (Å²) in [6, 6.07) is 4.19. The van der Waals surface area contributed by atoms with Gasteiger partial charge in [-0.25, -0.2) is 8.42 Å². The minimum Gasteiger partial charge on any atom is -0.502 e. The van der Waals surface area contributed by atoms with Crippen LogP contribution in [0.2, 0.25) is 0 Å². The van der Waals surface area contributed by atoms with Crippen LogP contribution in [0.4, 0.5) is 5.69 Å². The summed E-state index contributed by atoms with van der Waals surface area (Å²) in [6.07, 6.45) is 0. The molecule has 1 aromatic carbocycles. The first-order valence-electron chi connectivity index (χ1n) is 4.22. The minimum atomic E-state index is -3.98. The maximum atomic E-state index is 11.5. The van der Waals surface area contributed by atoms with E-state index in [1.807, 2.05) is 4.72 Å². The first-order chi connectivity index (χ1) is 7.88. The van der Waals surface area contributed by atoms with E-state index >= 15 is 0 Å². The molecule has 0 aliphatic heterocycles. The van der Waals surface area contributed by atoms with Crippen molar-refractivity contribution in [3.05, 3.63) is 28.3 Å². The Bertz CT molecular complexity index is 590. The number of nitrogens with zero attached hydrogens (tertiary/aromatic N) is 2. The lowest BCUT2D eigenvalue weighted by Gasteiger charge is -2.03. The summed E-state index contributed by atoms with van der Waals surface area (Å²) in [5, 5.41) is 27.9. The normalized spacial score (nSPS) is 10.8. The minimum absolute atomic E-state index is 0.391. The van der Waals surface area contributed by atoms with Gasteiger partial charge < -0.3 is 5.11 Å². The van der Waals surface area contributed by atoms with Crippen LogP contribution in [0.25, 0.3) is 0 Å². The van der Waals surface area contributed by atoms with E-state index < -0.39 is 37.8 Å². The van der Waals surface area contributed by atoms with Gasteiger partial charge in [0.2, 0.25) is 10.0 Å². The molecule has 0 heterocycles. The molecule has 1 aromatic rings. The zero-order chi connectivity index (χ0) is 13.1. The Labute approximate surface area is 96.3 Å². The molecule has 0 aromatic heterocycles. The van der Waals surface area contributed by atoms with Crippen LogP contribution in [0.1, 0.15) is 0 Å². The third kappa shape index (κ3) is 2.90. The molecule has 0 unspecified atom stereocenters. The number of benzene rings is 1. The molecular weight excluding hydrogens is 250 g/mol. The summed E-state index contributed by atoms with van der Waals surface area (Å²) >= 11 is 0. The van der Waals surface area contributed by atoms with Crippen LogP contribution in [0.5, 0.6) is 5.75 Å². The van der Waals surface area contributed by atoms with Crippen LogP contribution in [0.3, 0.4) is 0 Å². The number of rotatable bonds is 4. The van der Waals surface area contributed by atoms with E-state index in [9.17, 15) is 18.5 Å². The van der Waals surface area contributed by atoms with Crippen molar-refractivity contribution in [2.24, 2.45) is 0 Å². The van der Waals surface area contributed by atoms with Crippen LogP contribution in [0.15, 0.2) is 23.1 Å². The van der Waals surface area contributed by atoms with Gasteiger partial charge in [0.1, 0.15) is 0 Å². The molecule has 0 fully saturated rings. The zero-order valence-corrected chi connectivity index (χ0v) is 9.14. The maximum Gasteiger partial charge on any atom is 0.312 e. The standard InChI is InChI=1S/C8H7N3O5S/c9-3-4-10-17(15,16)6-1-2-8(12)7(5-6)11(13)14/h1-2,5,10,12H,4H2. The smallest absolute Gasteiger partial charge is 0.312 e. The molecule has 90 valence electrons. The quantitative estimate of drug-likeness (QED) is 0.446. The number of nitro benzene ring substituents is 1. The van der Waals surface area contributed by atoms with Crippen molar-refractivity contribution in [3.63, 3.8) is 0 Å². The predicted molar refractivity (Wildman–Crippen MR) is 55.6 cm³/mol. The molecule has 8 nitrogen and oxygen atoms in total. The second kappa shape index (κ2) is 4.77.